The highest BCUT2D eigenvalue weighted by Crippen LogP contribution is 2.30. The summed E-state index contributed by atoms with van der Waals surface area (Å²) in [5.74, 6) is 3.52. The van der Waals surface area contributed by atoms with E-state index in [0.717, 1.165) is 28.6 Å². The maximum atomic E-state index is 8.98. The molecule has 5 heteroatoms. The number of nitrogens with two attached hydrogens (primary N) is 1. The highest BCUT2D eigenvalue weighted by atomic mass is 32.2. The lowest BCUT2D eigenvalue weighted by Gasteiger charge is -2.17. The zero-order valence-electron chi connectivity index (χ0n) is 11.8. The third-order valence-corrected chi connectivity index (χ3v) is 4.25. The summed E-state index contributed by atoms with van der Waals surface area (Å²) in [6, 6.07) is 5.59. The Labute approximate surface area is 119 Å². The number of aliphatic hydroxyl groups excluding tert-OH is 1. The van der Waals surface area contributed by atoms with Gasteiger partial charge in [0.05, 0.1) is 14.2 Å². The summed E-state index contributed by atoms with van der Waals surface area (Å²) in [5.41, 5.74) is 7.17. The smallest absolute Gasteiger partial charge is 0.127 e. The zero-order valence-corrected chi connectivity index (χ0v) is 12.6. The van der Waals surface area contributed by atoms with Gasteiger partial charge in [-0.3, -0.25) is 0 Å². The largest absolute Gasteiger partial charge is 0.497 e. The van der Waals surface area contributed by atoms with Crippen LogP contribution >= 0.6 is 11.8 Å². The summed E-state index contributed by atoms with van der Waals surface area (Å²) < 4.78 is 10.5. The van der Waals surface area contributed by atoms with Gasteiger partial charge in [0, 0.05) is 30.0 Å². The Balaban J connectivity index is 2.63. The predicted molar refractivity (Wildman–Crippen MR) is 80.0 cm³/mol. The summed E-state index contributed by atoms with van der Waals surface area (Å²) in [6.07, 6.45) is 0. The molecule has 108 valence electrons. The van der Waals surface area contributed by atoms with Gasteiger partial charge in [-0.25, -0.2) is 0 Å². The lowest BCUT2D eigenvalue weighted by Crippen LogP contribution is -2.15. The maximum absolute atomic E-state index is 8.98. The second-order valence-electron chi connectivity index (χ2n) is 4.54. The van der Waals surface area contributed by atoms with Gasteiger partial charge < -0.3 is 20.3 Å². The van der Waals surface area contributed by atoms with Crippen molar-refractivity contribution in [1.82, 2.24) is 0 Å². The van der Waals surface area contributed by atoms with Crippen molar-refractivity contribution in [2.24, 2.45) is 11.7 Å². The quantitative estimate of drug-likeness (QED) is 0.765. The number of rotatable bonds is 8. The van der Waals surface area contributed by atoms with E-state index >= 15 is 0 Å². The van der Waals surface area contributed by atoms with Crippen molar-refractivity contribution >= 4 is 11.8 Å². The van der Waals surface area contributed by atoms with Gasteiger partial charge in [-0.1, -0.05) is 13.0 Å². The fourth-order valence-corrected chi connectivity index (χ4v) is 2.74. The van der Waals surface area contributed by atoms with E-state index in [-0.39, 0.29) is 12.6 Å². The molecule has 0 radical (unpaired) electrons. The van der Waals surface area contributed by atoms with Crippen LogP contribution in [0.25, 0.3) is 0 Å². The van der Waals surface area contributed by atoms with Crippen LogP contribution in [0, 0.1) is 5.92 Å². The molecule has 0 spiro atoms. The van der Waals surface area contributed by atoms with E-state index in [1.165, 1.54) is 0 Å². The Hall–Kier alpha value is -0.910. The second-order valence-corrected chi connectivity index (χ2v) is 5.61. The molecule has 19 heavy (non-hydrogen) atoms. The Morgan fingerprint density at radius 1 is 1.26 bits per heavy atom. The number of methoxy groups -OCH3 is 2. The summed E-state index contributed by atoms with van der Waals surface area (Å²) >= 11 is 1.75. The van der Waals surface area contributed by atoms with Crippen LogP contribution < -0.4 is 15.2 Å². The Morgan fingerprint density at radius 2 is 2.00 bits per heavy atom. The first-order valence-electron chi connectivity index (χ1n) is 6.28. The summed E-state index contributed by atoms with van der Waals surface area (Å²) in [4.78, 5) is 0. The topological polar surface area (TPSA) is 64.7 Å². The van der Waals surface area contributed by atoms with Gasteiger partial charge in [-0.05, 0) is 17.7 Å². The van der Waals surface area contributed by atoms with Crippen LogP contribution in [0.4, 0.5) is 0 Å². The highest BCUT2D eigenvalue weighted by Gasteiger charge is 2.13. The fraction of sp³-hybridized carbons (Fsp3) is 0.571. The molecule has 1 aromatic carbocycles. The highest BCUT2D eigenvalue weighted by molar-refractivity contribution is 7.99. The average molecular weight is 285 g/mol. The van der Waals surface area contributed by atoms with Gasteiger partial charge in [0.2, 0.25) is 0 Å². The van der Waals surface area contributed by atoms with Crippen LogP contribution in [0.3, 0.4) is 0 Å². The van der Waals surface area contributed by atoms with Crippen LogP contribution in [0.2, 0.25) is 0 Å². The Bertz CT molecular complexity index is 387. The molecular formula is C14H23NO3S. The van der Waals surface area contributed by atoms with Gasteiger partial charge in [-0.15, -0.1) is 0 Å². The van der Waals surface area contributed by atoms with E-state index in [9.17, 15) is 0 Å². The van der Waals surface area contributed by atoms with Crippen LogP contribution in [-0.4, -0.2) is 37.4 Å². The molecule has 3 N–H and O–H groups in total. The van der Waals surface area contributed by atoms with E-state index < -0.39 is 0 Å². The molecule has 1 rings (SSSR count). The number of ether oxygens (including phenoxy) is 2. The monoisotopic (exact) mass is 285 g/mol. The molecule has 0 amide bonds. The molecule has 1 aromatic rings. The first kappa shape index (κ1) is 16.1. The van der Waals surface area contributed by atoms with Gasteiger partial charge in [0.15, 0.2) is 0 Å². The van der Waals surface area contributed by atoms with E-state index in [1.54, 1.807) is 26.0 Å². The van der Waals surface area contributed by atoms with Gasteiger partial charge in [0.25, 0.3) is 0 Å². The molecule has 0 saturated heterocycles. The first-order chi connectivity index (χ1) is 9.12. The number of benzene rings is 1. The van der Waals surface area contributed by atoms with Crippen molar-refractivity contribution in [2.75, 3.05) is 32.3 Å². The molecule has 0 aromatic heterocycles. The standard InChI is InChI=1S/C14H23NO3S/c1-10(7-16)8-19-9-13(15)12-5-4-11(17-2)6-14(12)18-3/h4-6,10,13,16H,7-9,15H2,1-3H3. The van der Waals surface area contributed by atoms with Crippen LogP contribution in [0.15, 0.2) is 18.2 Å². The van der Waals surface area contributed by atoms with Crippen molar-refractivity contribution < 1.29 is 14.6 Å². The molecule has 0 fully saturated rings. The van der Waals surface area contributed by atoms with Gasteiger partial charge in [-0.2, -0.15) is 11.8 Å². The zero-order chi connectivity index (χ0) is 14.3. The molecule has 0 bridgehead atoms. The molecule has 2 unspecified atom stereocenters. The second kappa shape index (κ2) is 8.30. The maximum Gasteiger partial charge on any atom is 0.127 e. The molecule has 0 aliphatic carbocycles. The molecular weight excluding hydrogens is 262 g/mol. The number of aliphatic hydroxyl groups is 1. The van der Waals surface area contributed by atoms with Crippen LogP contribution in [0.5, 0.6) is 11.5 Å². The molecule has 0 aliphatic rings. The van der Waals surface area contributed by atoms with E-state index in [4.69, 9.17) is 20.3 Å². The third-order valence-electron chi connectivity index (χ3n) is 2.85. The third kappa shape index (κ3) is 4.93. The minimum Gasteiger partial charge on any atom is -0.497 e. The molecule has 2 atom stereocenters. The normalized spacial score (nSPS) is 13.9. The Morgan fingerprint density at radius 3 is 2.58 bits per heavy atom. The average Bonchev–Trinajstić information content (AvgIpc) is 2.45. The first-order valence-corrected chi connectivity index (χ1v) is 7.44. The number of hydrogen-bond acceptors (Lipinski definition) is 5. The lowest BCUT2D eigenvalue weighted by molar-refractivity contribution is 0.250. The summed E-state index contributed by atoms with van der Waals surface area (Å²) in [5, 5.41) is 8.98. The lowest BCUT2D eigenvalue weighted by atomic mass is 10.1. The van der Waals surface area contributed by atoms with E-state index in [2.05, 4.69) is 0 Å². The van der Waals surface area contributed by atoms with E-state index in [0.29, 0.717) is 5.92 Å². The predicted octanol–water partition coefficient (Wildman–Crippen LogP) is 2.07. The Kier molecular flexibility index (Phi) is 7.05. The molecule has 0 heterocycles. The van der Waals surface area contributed by atoms with Crippen molar-refractivity contribution in [3.05, 3.63) is 23.8 Å². The van der Waals surface area contributed by atoms with E-state index in [1.807, 2.05) is 25.1 Å². The fourth-order valence-electron chi connectivity index (χ4n) is 1.66. The molecule has 0 saturated carbocycles. The van der Waals surface area contributed by atoms with Gasteiger partial charge in [0.1, 0.15) is 11.5 Å². The van der Waals surface area contributed by atoms with Gasteiger partial charge >= 0.3 is 0 Å². The van der Waals surface area contributed by atoms with Crippen molar-refractivity contribution in [3.63, 3.8) is 0 Å². The van der Waals surface area contributed by atoms with Crippen LogP contribution in [0.1, 0.15) is 18.5 Å². The number of hydrogen-bond donors (Lipinski definition) is 2. The molecule has 0 aliphatic heterocycles. The minimum absolute atomic E-state index is 0.0863. The van der Waals surface area contributed by atoms with Crippen molar-refractivity contribution in [2.45, 2.75) is 13.0 Å². The van der Waals surface area contributed by atoms with Crippen molar-refractivity contribution in [1.29, 1.82) is 0 Å². The summed E-state index contributed by atoms with van der Waals surface area (Å²) in [6.45, 7) is 2.24. The van der Waals surface area contributed by atoms with Crippen molar-refractivity contribution in [3.8, 4) is 11.5 Å². The minimum atomic E-state index is -0.0863. The van der Waals surface area contributed by atoms with Crippen LogP contribution in [-0.2, 0) is 0 Å². The summed E-state index contributed by atoms with van der Waals surface area (Å²) in [7, 11) is 3.26. The SMILES string of the molecule is COc1ccc(C(N)CSCC(C)CO)c(OC)c1. The number of thioether (sulfide) groups is 1. The molecule has 4 nitrogen and oxygen atoms in total.